The number of hydrogen-bond donors (Lipinski definition) is 0. The number of aromatic nitrogens is 4. The summed E-state index contributed by atoms with van der Waals surface area (Å²) in [6, 6.07) is 10.4. The van der Waals surface area contributed by atoms with Crippen LogP contribution in [0.3, 0.4) is 0 Å². The van der Waals surface area contributed by atoms with Gasteiger partial charge in [-0.05, 0) is 43.3 Å². The van der Waals surface area contributed by atoms with Crippen molar-refractivity contribution in [3.63, 3.8) is 0 Å². The highest BCUT2D eigenvalue weighted by Crippen LogP contribution is 2.32. The van der Waals surface area contributed by atoms with Gasteiger partial charge in [0.1, 0.15) is 18.0 Å². The predicted molar refractivity (Wildman–Crippen MR) is 133 cm³/mol. The molecule has 0 bridgehead atoms. The average Bonchev–Trinajstić information content (AvgIpc) is 3.26. The fourth-order valence-electron chi connectivity index (χ4n) is 4.55. The molecule has 0 radical (unpaired) electrons. The monoisotopic (exact) mass is 492 g/mol. The van der Waals surface area contributed by atoms with Gasteiger partial charge in [-0.1, -0.05) is 0 Å². The zero-order valence-electron chi connectivity index (χ0n) is 19.5. The van der Waals surface area contributed by atoms with Gasteiger partial charge in [0.15, 0.2) is 0 Å². The van der Waals surface area contributed by atoms with E-state index in [9.17, 15) is 13.4 Å². The molecule has 1 aromatic carbocycles. The molecule has 3 aromatic heterocycles. The zero-order chi connectivity index (χ0) is 24.5. The van der Waals surface area contributed by atoms with Gasteiger partial charge in [0.2, 0.25) is 11.1 Å². The van der Waals surface area contributed by atoms with Crippen LogP contribution in [-0.2, 0) is 22.1 Å². The van der Waals surface area contributed by atoms with Gasteiger partial charge in [-0.15, -0.1) is 0 Å². The second-order valence-corrected chi connectivity index (χ2v) is 9.89. The molecule has 1 amide bonds. The van der Waals surface area contributed by atoms with Crippen LogP contribution >= 0.6 is 0 Å². The lowest BCUT2D eigenvalue weighted by Crippen LogP contribution is -2.54. The molecule has 0 saturated carbocycles. The maximum Gasteiger partial charge on any atom is 0.242 e. The van der Waals surface area contributed by atoms with Gasteiger partial charge in [-0.3, -0.25) is 9.00 Å². The molecule has 4 heterocycles. The third-order valence-corrected chi connectivity index (χ3v) is 7.00. The summed E-state index contributed by atoms with van der Waals surface area (Å²) < 4.78 is 27.7. The van der Waals surface area contributed by atoms with E-state index in [-0.39, 0.29) is 29.5 Å². The van der Waals surface area contributed by atoms with E-state index in [1.54, 1.807) is 24.7 Å². The molecule has 0 N–H and O–H groups in total. The minimum Gasteiger partial charge on any atom is -0.367 e. The fourth-order valence-corrected chi connectivity index (χ4v) is 4.95. The molecule has 180 valence electrons. The first-order valence-corrected chi connectivity index (χ1v) is 12.9. The molecule has 5 rings (SSSR count). The van der Waals surface area contributed by atoms with Crippen LogP contribution in [0, 0.1) is 5.82 Å². The van der Waals surface area contributed by atoms with E-state index in [2.05, 4.69) is 19.9 Å². The number of fused-ring (bicyclic) bond motifs is 1. The first-order chi connectivity index (χ1) is 16.9. The van der Waals surface area contributed by atoms with E-state index in [1.165, 1.54) is 18.4 Å². The van der Waals surface area contributed by atoms with Crippen molar-refractivity contribution >= 4 is 33.4 Å². The van der Waals surface area contributed by atoms with Gasteiger partial charge < -0.3 is 14.4 Å². The molecule has 0 aliphatic carbocycles. The number of carbonyl (C=O) groups is 1. The Morgan fingerprint density at radius 1 is 1.14 bits per heavy atom. The summed E-state index contributed by atoms with van der Waals surface area (Å²) in [6.07, 6.45) is 8.27. The van der Waals surface area contributed by atoms with Crippen LogP contribution in [0.5, 0.6) is 0 Å². The minimum atomic E-state index is -1.29. The van der Waals surface area contributed by atoms with Crippen LogP contribution in [0.1, 0.15) is 6.92 Å². The number of halogens is 1. The topological polar surface area (TPSA) is 84.2 Å². The third-order valence-electron chi connectivity index (χ3n) is 6.27. The van der Waals surface area contributed by atoms with Crippen molar-refractivity contribution in [1.82, 2.24) is 24.4 Å². The highest BCUT2D eigenvalue weighted by atomic mass is 32.2. The molecule has 10 heteroatoms. The SMILES string of the molecule is CC1CN(c2ccc(F)cc2-c2cnc(S(C)=O)nc2)CCN1C(=O)Cn1ccc2cccnc21. The van der Waals surface area contributed by atoms with Gasteiger partial charge in [0.05, 0.1) is 10.8 Å². The van der Waals surface area contributed by atoms with Gasteiger partial charge in [0.25, 0.3) is 0 Å². The molecule has 0 spiro atoms. The Kier molecular flexibility index (Phi) is 6.29. The van der Waals surface area contributed by atoms with Crippen molar-refractivity contribution in [1.29, 1.82) is 0 Å². The van der Waals surface area contributed by atoms with Crippen molar-refractivity contribution in [2.75, 3.05) is 30.8 Å². The highest BCUT2D eigenvalue weighted by molar-refractivity contribution is 7.84. The number of rotatable bonds is 5. The van der Waals surface area contributed by atoms with Crippen LogP contribution < -0.4 is 4.90 Å². The molecule has 1 aliphatic rings. The van der Waals surface area contributed by atoms with E-state index < -0.39 is 10.8 Å². The van der Waals surface area contributed by atoms with Gasteiger partial charge in [-0.2, -0.15) is 0 Å². The standard InChI is InChI=1S/C25H25FN6O2S/c1-17-15-30(10-11-32(17)23(33)16-31-9-7-18-4-3-8-27-24(18)31)22-6-5-20(26)12-21(22)19-13-28-25(29-14-19)35(2)34/h3-9,12-14,17H,10-11,15-16H2,1-2H3. The van der Waals surface area contributed by atoms with E-state index in [4.69, 9.17) is 0 Å². The van der Waals surface area contributed by atoms with Crippen LogP contribution in [-0.4, -0.2) is 66.5 Å². The summed E-state index contributed by atoms with van der Waals surface area (Å²) in [7, 11) is -1.29. The lowest BCUT2D eigenvalue weighted by Gasteiger charge is -2.41. The second kappa shape index (κ2) is 9.53. The number of pyridine rings is 1. The third kappa shape index (κ3) is 4.66. The number of carbonyl (C=O) groups excluding carboxylic acids is 1. The molecule has 1 fully saturated rings. The zero-order valence-corrected chi connectivity index (χ0v) is 20.3. The van der Waals surface area contributed by atoms with Crippen molar-refractivity contribution in [3.05, 3.63) is 67.0 Å². The average molecular weight is 493 g/mol. The smallest absolute Gasteiger partial charge is 0.242 e. The normalized spacial score (nSPS) is 17.1. The Balaban J connectivity index is 1.34. The van der Waals surface area contributed by atoms with Crippen molar-refractivity contribution in [3.8, 4) is 11.1 Å². The number of amides is 1. The van der Waals surface area contributed by atoms with Crippen LogP contribution in [0.15, 0.2) is 66.3 Å². The van der Waals surface area contributed by atoms with Crippen molar-refractivity contribution < 1.29 is 13.4 Å². The Labute approximate surface area is 204 Å². The molecular weight excluding hydrogens is 467 g/mol. The lowest BCUT2D eigenvalue weighted by atomic mass is 10.0. The van der Waals surface area contributed by atoms with Gasteiger partial charge in [0, 0.05) is 78.9 Å². The second-order valence-electron chi connectivity index (χ2n) is 8.61. The molecular formula is C25H25FN6O2S. The van der Waals surface area contributed by atoms with Crippen LogP contribution in [0.2, 0.25) is 0 Å². The molecule has 4 aromatic rings. The Bertz CT molecular complexity index is 1410. The number of benzene rings is 1. The summed E-state index contributed by atoms with van der Waals surface area (Å²) in [6.45, 7) is 4.01. The number of piperazine rings is 1. The summed E-state index contributed by atoms with van der Waals surface area (Å²) in [4.78, 5) is 29.9. The number of anilines is 1. The van der Waals surface area contributed by atoms with Crippen LogP contribution in [0.4, 0.5) is 10.1 Å². The number of nitrogens with zero attached hydrogens (tertiary/aromatic N) is 6. The maximum atomic E-state index is 14.2. The van der Waals surface area contributed by atoms with Crippen LogP contribution in [0.25, 0.3) is 22.2 Å². The summed E-state index contributed by atoms with van der Waals surface area (Å²) in [5.41, 5.74) is 2.95. The van der Waals surface area contributed by atoms with E-state index in [0.717, 1.165) is 16.7 Å². The van der Waals surface area contributed by atoms with E-state index >= 15 is 0 Å². The number of hydrogen-bond acceptors (Lipinski definition) is 6. The van der Waals surface area contributed by atoms with Gasteiger partial charge >= 0.3 is 0 Å². The van der Waals surface area contributed by atoms with Gasteiger partial charge in [-0.25, -0.2) is 19.3 Å². The van der Waals surface area contributed by atoms with Crippen molar-refractivity contribution in [2.45, 2.75) is 24.7 Å². The molecule has 2 atom stereocenters. The molecule has 2 unspecified atom stereocenters. The summed E-state index contributed by atoms with van der Waals surface area (Å²) in [5.74, 6) is -0.322. The van der Waals surface area contributed by atoms with E-state index in [1.807, 2.05) is 40.8 Å². The maximum absolute atomic E-state index is 14.2. The fraction of sp³-hybridized carbons (Fsp3) is 0.280. The summed E-state index contributed by atoms with van der Waals surface area (Å²) >= 11 is 0. The lowest BCUT2D eigenvalue weighted by molar-refractivity contribution is -0.134. The summed E-state index contributed by atoms with van der Waals surface area (Å²) in [5, 5.41) is 1.24. The molecule has 8 nitrogen and oxygen atoms in total. The minimum absolute atomic E-state index is 0.0370. The Morgan fingerprint density at radius 2 is 1.94 bits per heavy atom. The quantitative estimate of drug-likeness (QED) is 0.398. The first kappa shape index (κ1) is 23.1. The molecule has 1 aliphatic heterocycles. The Hall–Kier alpha value is -3.66. The van der Waals surface area contributed by atoms with Crippen molar-refractivity contribution in [2.24, 2.45) is 0 Å². The predicted octanol–water partition coefficient (Wildman–Crippen LogP) is 3.11. The largest absolute Gasteiger partial charge is 0.367 e. The highest BCUT2D eigenvalue weighted by Gasteiger charge is 2.29. The molecule has 35 heavy (non-hydrogen) atoms. The Morgan fingerprint density at radius 3 is 2.69 bits per heavy atom. The van der Waals surface area contributed by atoms with E-state index in [0.29, 0.717) is 30.8 Å². The molecule has 1 saturated heterocycles. The first-order valence-electron chi connectivity index (χ1n) is 11.3.